The first-order valence-electron chi connectivity index (χ1n) is 9.36. The second-order valence-electron chi connectivity index (χ2n) is 6.96. The summed E-state index contributed by atoms with van der Waals surface area (Å²) in [4.78, 5) is 18.1. The molecule has 0 saturated heterocycles. The fourth-order valence-corrected chi connectivity index (χ4v) is 3.98. The van der Waals surface area contributed by atoms with E-state index in [-0.39, 0.29) is 17.8 Å². The molecule has 0 radical (unpaired) electrons. The van der Waals surface area contributed by atoms with Crippen LogP contribution in [0, 0.1) is 11.2 Å². The van der Waals surface area contributed by atoms with Crippen LogP contribution in [-0.4, -0.2) is 30.2 Å². The molecule has 1 atom stereocenters. The van der Waals surface area contributed by atoms with Crippen LogP contribution in [0.25, 0.3) is 22.6 Å². The molecule has 152 valence electrons. The van der Waals surface area contributed by atoms with E-state index in [1.54, 1.807) is 53.8 Å². The van der Waals surface area contributed by atoms with E-state index in [2.05, 4.69) is 19.9 Å². The highest BCUT2D eigenvalue weighted by atomic mass is 32.1. The van der Waals surface area contributed by atoms with Crippen molar-refractivity contribution in [2.24, 2.45) is 0 Å². The van der Waals surface area contributed by atoms with Gasteiger partial charge in [0.15, 0.2) is 0 Å². The van der Waals surface area contributed by atoms with Crippen molar-refractivity contribution in [1.29, 1.82) is 5.41 Å². The zero-order valence-electron chi connectivity index (χ0n) is 16.3. The monoisotopic (exact) mass is 421 g/mol. The van der Waals surface area contributed by atoms with E-state index in [4.69, 9.17) is 11.1 Å². The van der Waals surface area contributed by atoms with Gasteiger partial charge in [-0.1, -0.05) is 0 Å². The fourth-order valence-electron chi connectivity index (χ4n) is 3.34. The first-order valence-corrected chi connectivity index (χ1v) is 10.2. The summed E-state index contributed by atoms with van der Waals surface area (Å²) < 4.78 is 15.4. The minimum Gasteiger partial charge on any atom is -0.368 e. The fraction of sp³-hybridized carbons (Fsp3) is 0.190. The molecular weight excluding hydrogens is 401 g/mol. The molecule has 0 aliphatic heterocycles. The van der Waals surface area contributed by atoms with Gasteiger partial charge in [0.2, 0.25) is 5.95 Å². The molecule has 3 aromatic heterocycles. The van der Waals surface area contributed by atoms with E-state index in [0.717, 1.165) is 16.1 Å². The highest BCUT2D eigenvalue weighted by molar-refractivity contribution is 7.09. The predicted molar refractivity (Wildman–Crippen MR) is 116 cm³/mol. The van der Waals surface area contributed by atoms with Gasteiger partial charge in [0.25, 0.3) is 0 Å². The molecule has 1 aromatic carbocycles. The lowest BCUT2D eigenvalue weighted by molar-refractivity contribution is 0.568. The predicted octanol–water partition coefficient (Wildman–Crippen LogP) is 4.40. The number of hydrogen-bond donors (Lipinski definition) is 2. The number of anilines is 1. The van der Waals surface area contributed by atoms with Crippen molar-refractivity contribution < 1.29 is 4.39 Å². The second kappa shape index (κ2) is 8.50. The van der Waals surface area contributed by atoms with Crippen LogP contribution in [0.1, 0.15) is 24.3 Å². The van der Waals surface area contributed by atoms with Gasteiger partial charge in [0, 0.05) is 47.4 Å². The van der Waals surface area contributed by atoms with Crippen molar-refractivity contribution in [3.8, 4) is 22.6 Å². The topological polar surface area (TPSA) is 106 Å². The average molecular weight is 422 g/mol. The Morgan fingerprint density at radius 1 is 1.23 bits per heavy atom. The molecule has 4 rings (SSSR count). The average Bonchev–Trinajstić information content (AvgIpc) is 3.38. The lowest BCUT2D eigenvalue weighted by Crippen LogP contribution is -2.13. The van der Waals surface area contributed by atoms with E-state index >= 15 is 0 Å². The Morgan fingerprint density at radius 3 is 2.73 bits per heavy atom. The van der Waals surface area contributed by atoms with E-state index in [9.17, 15) is 4.39 Å². The SMILES string of the molecule is CC(CC(=N)Cc1cncs1)n1cnc(-c2ccc(F)cc2)c1-c1ccnc(N)n1. The smallest absolute Gasteiger partial charge is 0.220 e. The number of nitrogens with two attached hydrogens (primary N) is 1. The van der Waals surface area contributed by atoms with E-state index < -0.39 is 0 Å². The third-order valence-corrected chi connectivity index (χ3v) is 5.50. The Morgan fingerprint density at radius 2 is 2.03 bits per heavy atom. The van der Waals surface area contributed by atoms with Crippen LogP contribution in [0.4, 0.5) is 10.3 Å². The third kappa shape index (κ3) is 4.25. The van der Waals surface area contributed by atoms with Gasteiger partial charge in [-0.2, -0.15) is 0 Å². The van der Waals surface area contributed by atoms with Crippen LogP contribution in [0.2, 0.25) is 0 Å². The van der Waals surface area contributed by atoms with Crippen LogP contribution in [0.5, 0.6) is 0 Å². The van der Waals surface area contributed by atoms with E-state index in [1.165, 1.54) is 12.1 Å². The molecule has 0 bridgehead atoms. The van der Waals surface area contributed by atoms with Crippen LogP contribution in [-0.2, 0) is 6.42 Å². The van der Waals surface area contributed by atoms with Crippen molar-refractivity contribution in [1.82, 2.24) is 24.5 Å². The Kier molecular flexibility index (Phi) is 5.62. The summed E-state index contributed by atoms with van der Waals surface area (Å²) in [5, 5.41) is 8.41. The maximum absolute atomic E-state index is 13.4. The molecule has 7 nitrogen and oxygen atoms in total. The molecule has 0 saturated carbocycles. The normalized spacial score (nSPS) is 12.1. The first-order chi connectivity index (χ1) is 14.5. The molecule has 0 amide bonds. The number of hydrogen-bond acceptors (Lipinski definition) is 7. The quantitative estimate of drug-likeness (QED) is 0.430. The van der Waals surface area contributed by atoms with Gasteiger partial charge in [-0.05, 0) is 37.3 Å². The zero-order chi connectivity index (χ0) is 21.1. The molecule has 1 unspecified atom stereocenters. The molecule has 0 aliphatic rings. The molecule has 3 N–H and O–H groups in total. The maximum atomic E-state index is 13.4. The number of nitrogens with zero attached hydrogens (tertiary/aromatic N) is 5. The highest BCUT2D eigenvalue weighted by Gasteiger charge is 2.21. The molecule has 0 fully saturated rings. The molecule has 4 aromatic rings. The standard InChI is InChI=1S/C21H20FN7S/c1-13(8-16(23)9-17-10-25-12-30-17)29-11-27-19(14-2-4-15(22)5-3-14)20(29)18-6-7-26-21(24)28-18/h2-7,10-13,23H,8-9H2,1H3,(H2,24,26,28). The summed E-state index contributed by atoms with van der Waals surface area (Å²) in [5.41, 5.74) is 11.0. The van der Waals surface area contributed by atoms with Crippen LogP contribution < -0.4 is 5.73 Å². The number of nitrogen functional groups attached to an aromatic ring is 1. The minimum absolute atomic E-state index is 0.0432. The van der Waals surface area contributed by atoms with Crippen molar-refractivity contribution >= 4 is 23.0 Å². The zero-order valence-corrected chi connectivity index (χ0v) is 17.1. The molecule has 9 heteroatoms. The highest BCUT2D eigenvalue weighted by Crippen LogP contribution is 2.33. The van der Waals surface area contributed by atoms with E-state index in [0.29, 0.717) is 29.9 Å². The largest absolute Gasteiger partial charge is 0.368 e. The molecule has 0 spiro atoms. The Balaban J connectivity index is 1.70. The molecule has 0 aliphatic carbocycles. The minimum atomic E-state index is -0.309. The van der Waals surface area contributed by atoms with Gasteiger partial charge in [-0.3, -0.25) is 4.98 Å². The van der Waals surface area contributed by atoms with Crippen molar-refractivity contribution in [2.75, 3.05) is 5.73 Å². The first kappa shape index (κ1) is 19.8. The number of benzene rings is 1. The van der Waals surface area contributed by atoms with Crippen LogP contribution in [0.15, 0.2) is 54.6 Å². The molecule has 3 heterocycles. The Labute approximate surface area is 177 Å². The van der Waals surface area contributed by atoms with E-state index in [1.807, 2.05) is 11.5 Å². The summed E-state index contributed by atoms with van der Waals surface area (Å²) >= 11 is 1.55. The van der Waals surface area contributed by atoms with Crippen molar-refractivity contribution in [3.63, 3.8) is 0 Å². The summed E-state index contributed by atoms with van der Waals surface area (Å²) in [6.45, 7) is 2.03. The van der Waals surface area contributed by atoms with Gasteiger partial charge in [-0.15, -0.1) is 11.3 Å². The number of nitrogens with one attached hydrogen (secondary N) is 1. The number of thiazole rings is 1. The van der Waals surface area contributed by atoms with Crippen molar-refractivity contribution in [2.45, 2.75) is 25.8 Å². The number of halogens is 1. The maximum Gasteiger partial charge on any atom is 0.220 e. The summed E-state index contributed by atoms with van der Waals surface area (Å²) in [7, 11) is 0. The summed E-state index contributed by atoms with van der Waals surface area (Å²) in [6, 6.07) is 7.91. The molecular formula is C21H20FN7S. The van der Waals surface area contributed by atoms with Gasteiger partial charge < -0.3 is 15.7 Å². The van der Waals surface area contributed by atoms with Gasteiger partial charge in [-0.25, -0.2) is 19.3 Å². The second-order valence-corrected chi connectivity index (χ2v) is 7.93. The Hall–Kier alpha value is -3.46. The van der Waals surface area contributed by atoms with Gasteiger partial charge in [0.1, 0.15) is 5.82 Å². The van der Waals surface area contributed by atoms with Crippen LogP contribution in [0.3, 0.4) is 0 Å². The molecule has 30 heavy (non-hydrogen) atoms. The summed E-state index contributed by atoms with van der Waals surface area (Å²) in [6.07, 6.45) is 6.24. The lowest BCUT2D eigenvalue weighted by atomic mass is 10.1. The van der Waals surface area contributed by atoms with Gasteiger partial charge in [0.05, 0.1) is 28.9 Å². The Bertz CT molecular complexity index is 1150. The summed E-state index contributed by atoms with van der Waals surface area (Å²) in [5.74, 6) is -0.146. The lowest BCUT2D eigenvalue weighted by Gasteiger charge is -2.18. The number of imidazole rings is 1. The third-order valence-electron chi connectivity index (χ3n) is 4.72. The van der Waals surface area contributed by atoms with Crippen LogP contribution >= 0.6 is 11.3 Å². The van der Waals surface area contributed by atoms with Gasteiger partial charge >= 0.3 is 0 Å². The number of aromatic nitrogens is 5. The van der Waals surface area contributed by atoms with Crippen molar-refractivity contribution in [3.05, 3.63) is 65.3 Å². The number of rotatable bonds is 7.